The summed E-state index contributed by atoms with van der Waals surface area (Å²) in [6.07, 6.45) is 0. The van der Waals surface area contributed by atoms with Crippen LogP contribution in [-0.2, 0) is 18.6 Å². The van der Waals surface area contributed by atoms with Crippen LogP contribution in [0.1, 0.15) is 0 Å². The largest absolute Gasteiger partial charge is 3.00 e. The summed E-state index contributed by atoms with van der Waals surface area (Å²) in [5.74, 6) is 0. The number of hydrogen-bond donors (Lipinski definition) is 0. The van der Waals surface area contributed by atoms with Crippen LogP contribution in [-0.4, -0.2) is 91.6 Å². The molecule has 0 amide bonds. The Kier molecular flexibility index (Phi) is 24.0. The normalized spacial score (nSPS) is 10.2. The molecule has 12 nitrogen and oxygen atoms in total. The van der Waals surface area contributed by atoms with Crippen molar-refractivity contribution in [1.82, 2.24) is 0 Å². The second kappa shape index (κ2) is 13.0. The molecule has 0 aliphatic carbocycles. The molecule has 96 valence electrons. The standard InChI is InChI=1S/2Al.3H2O4Te/c;;3*1-5(2,3)4/h;;3*(H2,1,2,3,4)/q2*+3;;;/p-6. The van der Waals surface area contributed by atoms with Gasteiger partial charge in [-0.05, 0) is 0 Å². The van der Waals surface area contributed by atoms with Crippen molar-refractivity contribution in [3.05, 3.63) is 0 Å². The van der Waals surface area contributed by atoms with E-state index >= 15 is 0 Å². The van der Waals surface area contributed by atoms with Gasteiger partial charge in [0.1, 0.15) is 0 Å². The van der Waals surface area contributed by atoms with Crippen molar-refractivity contribution < 1.29 is 39.5 Å². The van der Waals surface area contributed by atoms with E-state index in [0.29, 0.717) is 0 Å². The van der Waals surface area contributed by atoms with Crippen LogP contribution in [0.4, 0.5) is 0 Å². The van der Waals surface area contributed by atoms with E-state index in [4.69, 9.17) is 39.5 Å². The summed E-state index contributed by atoms with van der Waals surface area (Å²) in [5.41, 5.74) is 0. The van der Waals surface area contributed by atoms with Gasteiger partial charge in [-0.3, -0.25) is 0 Å². The van der Waals surface area contributed by atoms with Gasteiger partial charge in [-0.15, -0.1) is 0 Å². The molecule has 0 heterocycles. The maximum Gasteiger partial charge on any atom is 3.00 e. The molecule has 17 heavy (non-hydrogen) atoms. The molecule has 0 aliphatic rings. The zero-order valence-electron chi connectivity index (χ0n) is 7.28. The van der Waals surface area contributed by atoms with Crippen LogP contribution in [0.15, 0.2) is 0 Å². The Balaban J connectivity index is -0.0000000400. The summed E-state index contributed by atoms with van der Waals surface area (Å²) in [5, 5.41) is 0. The summed E-state index contributed by atoms with van der Waals surface area (Å²) in [6.45, 7) is 0. The fourth-order valence-corrected chi connectivity index (χ4v) is 0. The molecule has 0 radical (unpaired) electrons. The van der Waals surface area contributed by atoms with Gasteiger partial charge >= 0.3 is 131 Å². The monoisotopic (exact) mass is 636 g/mol. The average Bonchev–Trinajstić information content (AvgIpc) is 1.41. The van der Waals surface area contributed by atoms with Gasteiger partial charge in [0.2, 0.25) is 0 Å². The quantitative estimate of drug-likeness (QED) is 0.227. The van der Waals surface area contributed by atoms with Gasteiger partial charge in [-0.25, -0.2) is 0 Å². The minimum atomic E-state index is -6.02. The van der Waals surface area contributed by atoms with E-state index in [0.717, 1.165) is 0 Å². The van der Waals surface area contributed by atoms with Gasteiger partial charge in [-0.1, -0.05) is 0 Å². The smallest absolute Gasteiger partial charge is 3.00 e. The third kappa shape index (κ3) is 1160. The molecule has 0 atom stereocenters. The number of hydrogen-bond acceptors (Lipinski definition) is 12. The first kappa shape index (κ1) is 31.4. The van der Waals surface area contributed by atoms with Crippen molar-refractivity contribution in [2.45, 2.75) is 0 Å². The fourth-order valence-electron chi connectivity index (χ4n) is 0. The first-order valence-electron chi connectivity index (χ1n) is 2.00. The van der Waals surface area contributed by atoms with E-state index in [1.54, 1.807) is 0 Å². The molecule has 0 aliphatic heterocycles. The predicted octanol–water partition coefficient (Wildman–Crippen LogP) is -9.75. The van der Waals surface area contributed by atoms with E-state index in [1.807, 2.05) is 0 Å². The van der Waals surface area contributed by atoms with Crippen LogP contribution in [0.3, 0.4) is 0 Å². The van der Waals surface area contributed by atoms with Gasteiger partial charge in [0.05, 0.1) is 0 Å². The molecular formula is Al2O12Te3. The molecule has 0 aromatic carbocycles. The Morgan fingerprint density at radius 1 is 0.412 bits per heavy atom. The van der Waals surface area contributed by atoms with Crippen LogP contribution in [0.25, 0.3) is 0 Å². The predicted molar refractivity (Wildman–Crippen MR) is 32.9 cm³/mol. The van der Waals surface area contributed by atoms with E-state index in [2.05, 4.69) is 0 Å². The molecule has 0 aromatic rings. The van der Waals surface area contributed by atoms with Crippen molar-refractivity contribution in [2.24, 2.45) is 0 Å². The zero-order valence-corrected chi connectivity index (χ0v) is 16.6. The Hall–Kier alpha value is 1.99. The average molecular weight is 629 g/mol. The van der Waals surface area contributed by atoms with Crippen molar-refractivity contribution in [1.29, 1.82) is 0 Å². The molecule has 0 saturated heterocycles. The maximum atomic E-state index is 8.63. The molecule has 0 aromatic heterocycles. The second-order valence-electron chi connectivity index (χ2n) is 1.22. The van der Waals surface area contributed by atoms with Gasteiger partial charge in [0, 0.05) is 0 Å². The van der Waals surface area contributed by atoms with E-state index in [9.17, 15) is 0 Å². The Bertz CT molecular complexity index is 341. The maximum absolute atomic E-state index is 8.63. The molecule has 0 fully saturated rings. The third-order valence-electron chi connectivity index (χ3n) is 0. The third-order valence-corrected chi connectivity index (χ3v) is 0. The Morgan fingerprint density at radius 2 is 0.412 bits per heavy atom. The SMILES string of the molecule is O=[Te](=O)([O-])[O-].O=[Te](=O)([O-])[O-].O=[Te](=O)([O-])[O-].[Al+3].[Al+3]. The van der Waals surface area contributed by atoms with Crippen LogP contribution in [0.2, 0.25) is 0 Å². The number of rotatable bonds is 0. The first-order valence-corrected chi connectivity index (χ1v) is 13.4. The van der Waals surface area contributed by atoms with Crippen LogP contribution < -0.4 is 20.8 Å². The fraction of sp³-hybridized carbons (Fsp3) is 0. The van der Waals surface area contributed by atoms with Gasteiger partial charge in [0.25, 0.3) is 0 Å². The summed E-state index contributed by atoms with van der Waals surface area (Å²) < 4.78 is 104. The second-order valence-corrected chi connectivity index (χ2v) is 8.22. The van der Waals surface area contributed by atoms with Gasteiger partial charge < -0.3 is 0 Å². The molecule has 0 spiro atoms. The van der Waals surface area contributed by atoms with Crippen molar-refractivity contribution in [3.8, 4) is 0 Å². The Morgan fingerprint density at radius 3 is 0.412 bits per heavy atom. The molecule has 0 rings (SSSR count). The minimum Gasteiger partial charge on any atom is 3.00 e. The van der Waals surface area contributed by atoms with Crippen LogP contribution in [0, 0.1) is 0 Å². The van der Waals surface area contributed by atoms with E-state index in [-0.39, 0.29) is 34.7 Å². The van der Waals surface area contributed by atoms with Crippen molar-refractivity contribution in [3.63, 3.8) is 0 Å². The van der Waals surface area contributed by atoms with E-state index in [1.165, 1.54) is 0 Å². The van der Waals surface area contributed by atoms with Crippen LogP contribution >= 0.6 is 0 Å². The molecule has 0 unspecified atom stereocenters. The van der Waals surface area contributed by atoms with Crippen molar-refractivity contribution in [2.75, 3.05) is 0 Å². The molecule has 0 N–H and O–H groups in total. The summed E-state index contributed by atoms with van der Waals surface area (Å²) >= 11 is -18.1. The van der Waals surface area contributed by atoms with E-state index < -0.39 is 56.9 Å². The summed E-state index contributed by atoms with van der Waals surface area (Å²) in [6, 6.07) is 0. The topological polar surface area (TPSA) is 241 Å². The Labute approximate surface area is 129 Å². The van der Waals surface area contributed by atoms with Gasteiger partial charge in [0.15, 0.2) is 0 Å². The zero-order chi connectivity index (χ0) is 13.5. The van der Waals surface area contributed by atoms with Crippen molar-refractivity contribution >= 4 is 91.6 Å². The molecule has 17 heteroatoms. The summed E-state index contributed by atoms with van der Waals surface area (Å²) in [4.78, 5) is 0. The summed E-state index contributed by atoms with van der Waals surface area (Å²) in [7, 11) is 0. The molecule has 0 bridgehead atoms. The molecular weight excluding hydrogens is 629 g/mol. The minimum absolute atomic E-state index is 0. The van der Waals surface area contributed by atoms with Gasteiger partial charge in [-0.2, -0.15) is 0 Å². The first-order chi connectivity index (χ1) is 6.00. The van der Waals surface area contributed by atoms with Crippen LogP contribution in [0.5, 0.6) is 0 Å². The molecule has 0 saturated carbocycles.